The van der Waals surface area contributed by atoms with E-state index in [1.165, 1.54) is 13.0 Å². The van der Waals surface area contributed by atoms with Crippen molar-refractivity contribution in [2.75, 3.05) is 11.1 Å². The van der Waals surface area contributed by atoms with Gasteiger partial charge in [0, 0.05) is 23.8 Å². The normalized spacial score (nSPS) is 12.1. The molecule has 0 unspecified atom stereocenters. The fourth-order valence-corrected chi connectivity index (χ4v) is 1.58. The maximum absolute atomic E-state index is 11.2. The van der Waals surface area contributed by atoms with Crippen LogP contribution in [0.4, 0.5) is 11.4 Å². The van der Waals surface area contributed by atoms with Gasteiger partial charge in [0.05, 0.1) is 11.2 Å². The highest BCUT2D eigenvalue weighted by Gasteiger charge is 2.40. The summed E-state index contributed by atoms with van der Waals surface area (Å²) in [6.45, 7) is 7.89. The zero-order chi connectivity index (χ0) is 16.4. The van der Waals surface area contributed by atoms with E-state index < -0.39 is 18.3 Å². The molecule has 0 saturated carbocycles. The zero-order valence-corrected chi connectivity index (χ0v) is 13.1. The third-order valence-electron chi connectivity index (χ3n) is 3.53. The number of hydrogen-bond donors (Lipinski definition) is 4. The molecule has 21 heavy (non-hydrogen) atoms. The highest BCUT2D eigenvalue weighted by molar-refractivity contribution is 6.62. The summed E-state index contributed by atoms with van der Waals surface area (Å²) in [5.41, 5.74) is 4.72. The van der Waals surface area contributed by atoms with Crippen molar-refractivity contribution in [2.24, 2.45) is 0 Å². The second-order valence-corrected chi connectivity index (χ2v) is 6.07. The van der Waals surface area contributed by atoms with E-state index in [0.29, 0.717) is 16.8 Å². The topological polar surface area (TPSA) is 105 Å². The highest BCUT2D eigenvalue weighted by Crippen LogP contribution is 2.26. The Kier molecular flexibility index (Phi) is 5.04. The van der Waals surface area contributed by atoms with Crippen molar-refractivity contribution < 1.29 is 19.6 Å². The van der Waals surface area contributed by atoms with E-state index >= 15 is 0 Å². The molecular formula is C14H23BN2O4. The molecule has 5 N–H and O–H groups in total. The summed E-state index contributed by atoms with van der Waals surface area (Å²) in [6.07, 6.45) is 0. The lowest BCUT2D eigenvalue weighted by molar-refractivity contribution is -0.114. The van der Waals surface area contributed by atoms with E-state index in [1.807, 2.05) is 0 Å². The Morgan fingerprint density at radius 3 is 2.38 bits per heavy atom. The fraction of sp³-hybridized carbons (Fsp3) is 0.500. The Hall–Kier alpha value is -1.57. The molecular weight excluding hydrogens is 271 g/mol. The third-order valence-corrected chi connectivity index (χ3v) is 3.53. The summed E-state index contributed by atoms with van der Waals surface area (Å²) < 4.78 is 5.56. The van der Waals surface area contributed by atoms with Gasteiger partial charge in [0.2, 0.25) is 5.91 Å². The van der Waals surface area contributed by atoms with E-state index in [9.17, 15) is 14.9 Å². The van der Waals surface area contributed by atoms with E-state index in [1.54, 1.807) is 39.8 Å². The van der Waals surface area contributed by atoms with E-state index in [2.05, 4.69) is 5.32 Å². The number of aliphatic hydroxyl groups is 1. The van der Waals surface area contributed by atoms with E-state index in [4.69, 9.17) is 10.4 Å². The maximum Gasteiger partial charge on any atom is 0.493 e. The molecule has 0 aliphatic rings. The molecule has 0 radical (unpaired) electrons. The second kappa shape index (κ2) is 6.05. The fourth-order valence-electron chi connectivity index (χ4n) is 1.58. The smallest absolute Gasteiger partial charge is 0.423 e. The molecule has 0 aliphatic heterocycles. The van der Waals surface area contributed by atoms with Crippen LogP contribution in [0.25, 0.3) is 0 Å². The Morgan fingerprint density at radius 2 is 1.90 bits per heavy atom. The maximum atomic E-state index is 11.2. The minimum atomic E-state index is -1.34. The number of carbonyl (C=O) groups is 1. The summed E-state index contributed by atoms with van der Waals surface area (Å²) in [6, 6.07) is 4.73. The van der Waals surface area contributed by atoms with Gasteiger partial charge in [-0.2, -0.15) is 0 Å². The number of carbonyl (C=O) groups excluding carboxylic acids is 1. The largest absolute Gasteiger partial charge is 0.493 e. The quantitative estimate of drug-likeness (QED) is 0.467. The number of rotatable bonds is 5. The Labute approximate surface area is 125 Å². The summed E-state index contributed by atoms with van der Waals surface area (Å²) in [7, 11) is -1.34. The van der Waals surface area contributed by atoms with Crippen LogP contribution >= 0.6 is 0 Å². The van der Waals surface area contributed by atoms with Crippen LogP contribution in [-0.2, 0) is 9.45 Å². The molecule has 0 bridgehead atoms. The van der Waals surface area contributed by atoms with Gasteiger partial charge in [0.15, 0.2) is 0 Å². The number of amides is 1. The molecule has 7 heteroatoms. The molecule has 0 saturated heterocycles. The molecule has 0 fully saturated rings. The number of nitrogens with one attached hydrogen (secondary N) is 1. The minimum Gasteiger partial charge on any atom is -0.423 e. The van der Waals surface area contributed by atoms with E-state index in [-0.39, 0.29) is 5.91 Å². The Bertz CT molecular complexity index is 526. The molecule has 1 rings (SSSR count). The average Bonchev–Trinajstić information content (AvgIpc) is 2.28. The summed E-state index contributed by atoms with van der Waals surface area (Å²) >= 11 is 0. The summed E-state index contributed by atoms with van der Waals surface area (Å²) in [5.74, 6) is -0.269. The number of anilines is 2. The van der Waals surface area contributed by atoms with E-state index in [0.717, 1.165) is 0 Å². The Morgan fingerprint density at radius 1 is 1.33 bits per heavy atom. The van der Waals surface area contributed by atoms with Gasteiger partial charge in [-0.05, 0) is 45.9 Å². The summed E-state index contributed by atoms with van der Waals surface area (Å²) in [4.78, 5) is 11.2. The standard InChI is InChI=1S/C14H23BN2O4/c1-9(18)17-12-7-6-10(16)8-11(12)15(20)21-14(4,5)13(2,3)19/h6-8,19-20H,16H2,1-5H3,(H,17,18). The SMILES string of the molecule is CC(=O)Nc1ccc(N)cc1B(O)OC(C)(C)C(C)(C)O. The van der Waals surface area contributed by atoms with Crippen LogP contribution in [0.15, 0.2) is 18.2 Å². The van der Waals surface area contributed by atoms with Crippen LogP contribution in [-0.4, -0.2) is 34.4 Å². The zero-order valence-electron chi connectivity index (χ0n) is 13.1. The van der Waals surface area contributed by atoms with Crippen molar-refractivity contribution in [3.05, 3.63) is 18.2 Å². The van der Waals surface area contributed by atoms with Gasteiger partial charge in [0.25, 0.3) is 0 Å². The van der Waals surface area contributed by atoms with Crippen molar-refractivity contribution in [3.63, 3.8) is 0 Å². The first-order chi connectivity index (χ1) is 9.44. The van der Waals surface area contributed by atoms with Gasteiger partial charge in [-0.3, -0.25) is 4.79 Å². The van der Waals surface area contributed by atoms with Crippen molar-refractivity contribution >= 4 is 29.9 Å². The molecule has 1 aromatic carbocycles. The predicted molar refractivity (Wildman–Crippen MR) is 84.2 cm³/mol. The first kappa shape index (κ1) is 17.5. The van der Waals surface area contributed by atoms with Gasteiger partial charge in [0.1, 0.15) is 0 Å². The van der Waals surface area contributed by atoms with Gasteiger partial charge in [-0.15, -0.1) is 0 Å². The van der Waals surface area contributed by atoms with Crippen LogP contribution in [0.3, 0.4) is 0 Å². The van der Waals surface area contributed by atoms with Gasteiger partial charge >= 0.3 is 7.12 Å². The predicted octanol–water partition coefficient (Wildman–Crippen LogP) is 0.481. The molecule has 0 spiro atoms. The number of hydrogen-bond acceptors (Lipinski definition) is 5. The molecule has 116 valence electrons. The lowest BCUT2D eigenvalue weighted by Crippen LogP contribution is -2.53. The first-order valence-corrected chi connectivity index (χ1v) is 6.69. The molecule has 0 aliphatic carbocycles. The molecule has 0 aromatic heterocycles. The Balaban J connectivity index is 3.09. The summed E-state index contributed by atoms with van der Waals surface area (Å²) in [5, 5.41) is 23.0. The molecule has 0 atom stereocenters. The van der Waals surface area contributed by atoms with Crippen molar-refractivity contribution in [3.8, 4) is 0 Å². The molecule has 1 aromatic rings. The number of nitrogens with two attached hydrogens (primary N) is 1. The van der Waals surface area contributed by atoms with Crippen LogP contribution in [0.5, 0.6) is 0 Å². The molecule has 1 amide bonds. The monoisotopic (exact) mass is 294 g/mol. The van der Waals surface area contributed by atoms with Crippen molar-refractivity contribution in [1.82, 2.24) is 0 Å². The third kappa shape index (κ3) is 4.45. The van der Waals surface area contributed by atoms with Gasteiger partial charge in [-0.1, -0.05) is 0 Å². The van der Waals surface area contributed by atoms with Crippen LogP contribution in [0.1, 0.15) is 34.6 Å². The van der Waals surface area contributed by atoms with Crippen molar-refractivity contribution in [1.29, 1.82) is 0 Å². The lowest BCUT2D eigenvalue weighted by atomic mass is 9.75. The first-order valence-electron chi connectivity index (χ1n) is 6.69. The molecule has 0 heterocycles. The number of nitrogen functional groups attached to an aromatic ring is 1. The van der Waals surface area contributed by atoms with Gasteiger partial charge in [-0.25, -0.2) is 0 Å². The minimum absolute atomic E-state index is 0.269. The van der Waals surface area contributed by atoms with Crippen molar-refractivity contribution in [2.45, 2.75) is 45.8 Å². The average molecular weight is 294 g/mol. The highest BCUT2D eigenvalue weighted by atomic mass is 16.5. The lowest BCUT2D eigenvalue weighted by Gasteiger charge is -2.38. The van der Waals surface area contributed by atoms with Crippen LogP contribution in [0, 0.1) is 0 Å². The second-order valence-electron chi connectivity index (χ2n) is 6.07. The number of benzene rings is 1. The van der Waals surface area contributed by atoms with Crippen LogP contribution in [0.2, 0.25) is 0 Å². The van der Waals surface area contributed by atoms with Crippen LogP contribution < -0.4 is 16.5 Å². The van der Waals surface area contributed by atoms with Gasteiger partial charge < -0.3 is 25.8 Å². The molecule has 6 nitrogen and oxygen atoms in total.